The molecule has 1 rings (SSSR count). The Hall–Kier alpha value is -2.02. The number of hydrogen-bond acceptors (Lipinski definition) is 3. The molecular formula is C9H14N4O3. The third-order valence-electron chi connectivity index (χ3n) is 1.84. The quantitative estimate of drug-likeness (QED) is 0.500. The van der Waals surface area contributed by atoms with Gasteiger partial charge in [-0.15, -0.1) is 0 Å². The number of H-pyrrole nitrogens is 1. The van der Waals surface area contributed by atoms with Crippen LogP contribution in [0.15, 0.2) is 6.07 Å². The normalized spacial score (nSPS) is 9.88. The van der Waals surface area contributed by atoms with E-state index in [4.69, 9.17) is 10.8 Å². The highest BCUT2D eigenvalue weighted by molar-refractivity contribution is 5.99. The first kappa shape index (κ1) is 12.1. The summed E-state index contributed by atoms with van der Waals surface area (Å²) in [5.74, 6) is -1.12. The lowest BCUT2D eigenvalue weighted by molar-refractivity contribution is 0.0692. The maximum atomic E-state index is 11.3. The van der Waals surface area contributed by atoms with Gasteiger partial charge in [-0.3, -0.25) is 0 Å². The summed E-state index contributed by atoms with van der Waals surface area (Å²) in [5.41, 5.74) is 6.06. The molecule has 88 valence electrons. The molecule has 1 heterocycles. The number of aromatic carboxylic acids is 1. The monoisotopic (exact) mass is 226 g/mol. The fourth-order valence-electron chi connectivity index (χ4n) is 1.21. The third kappa shape index (κ3) is 2.99. The van der Waals surface area contributed by atoms with Crippen LogP contribution in [0.4, 0.5) is 10.5 Å². The Balaban J connectivity index is 2.72. The maximum Gasteiger partial charge on any atom is 0.354 e. The number of rotatable bonds is 4. The molecule has 0 aliphatic carbocycles. The van der Waals surface area contributed by atoms with E-state index in [9.17, 15) is 9.59 Å². The first-order valence-electron chi connectivity index (χ1n) is 4.72. The van der Waals surface area contributed by atoms with E-state index in [1.54, 1.807) is 13.0 Å². The van der Waals surface area contributed by atoms with Crippen molar-refractivity contribution >= 4 is 17.7 Å². The summed E-state index contributed by atoms with van der Waals surface area (Å²) < 4.78 is 0. The number of aromatic amines is 1. The topological polar surface area (TPSA) is 120 Å². The number of anilines is 1. The van der Waals surface area contributed by atoms with Gasteiger partial charge in [0.15, 0.2) is 0 Å². The minimum absolute atomic E-state index is 0.0413. The average Bonchev–Trinajstić information content (AvgIpc) is 2.56. The standard InChI is InChI=1S/C9H14N4O3/c1-5-4-6(7(12-5)8(14)15)13-9(16)11-3-2-10/h4,12H,2-3,10H2,1H3,(H,14,15)(H2,11,13,16). The molecule has 16 heavy (non-hydrogen) atoms. The summed E-state index contributed by atoms with van der Waals surface area (Å²) in [5, 5.41) is 13.7. The number of aromatic nitrogens is 1. The molecule has 0 aromatic carbocycles. The van der Waals surface area contributed by atoms with E-state index in [1.165, 1.54) is 0 Å². The molecule has 1 aromatic heterocycles. The molecule has 0 spiro atoms. The molecule has 0 unspecified atom stereocenters. The van der Waals surface area contributed by atoms with Crippen LogP contribution in [0.1, 0.15) is 16.2 Å². The van der Waals surface area contributed by atoms with Crippen LogP contribution in [0.25, 0.3) is 0 Å². The lowest BCUT2D eigenvalue weighted by Crippen LogP contribution is -2.33. The predicted octanol–water partition coefficient (Wildman–Crippen LogP) is 0.102. The summed E-state index contributed by atoms with van der Waals surface area (Å²) in [4.78, 5) is 24.7. The Morgan fingerprint density at radius 1 is 1.56 bits per heavy atom. The van der Waals surface area contributed by atoms with Crippen molar-refractivity contribution in [2.45, 2.75) is 6.92 Å². The number of carbonyl (C=O) groups excluding carboxylic acids is 1. The molecule has 0 saturated carbocycles. The van der Waals surface area contributed by atoms with Crippen LogP contribution in [-0.4, -0.2) is 35.2 Å². The zero-order valence-electron chi connectivity index (χ0n) is 8.83. The van der Waals surface area contributed by atoms with E-state index in [0.29, 0.717) is 18.8 Å². The Kier molecular flexibility index (Phi) is 3.90. The Morgan fingerprint density at radius 2 is 2.25 bits per heavy atom. The summed E-state index contributed by atoms with van der Waals surface area (Å²) in [7, 11) is 0. The second-order valence-electron chi connectivity index (χ2n) is 3.22. The number of urea groups is 1. The van der Waals surface area contributed by atoms with Crippen molar-refractivity contribution < 1.29 is 14.7 Å². The Morgan fingerprint density at radius 3 is 2.81 bits per heavy atom. The minimum atomic E-state index is -1.12. The van der Waals surface area contributed by atoms with Gasteiger partial charge in [0.1, 0.15) is 5.69 Å². The van der Waals surface area contributed by atoms with Crippen molar-refractivity contribution in [3.63, 3.8) is 0 Å². The van der Waals surface area contributed by atoms with Crippen molar-refractivity contribution in [1.29, 1.82) is 0 Å². The van der Waals surface area contributed by atoms with Crippen LogP contribution in [0.5, 0.6) is 0 Å². The molecular weight excluding hydrogens is 212 g/mol. The lowest BCUT2D eigenvalue weighted by Gasteiger charge is -2.05. The van der Waals surface area contributed by atoms with Gasteiger partial charge in [-0.25, -0.2) is 9.59 Å². The molecule has 0 saturated heterocycles. The molecule has 0 atom stereocenters. The molecule has 7 nitrogen and oxygen atoms in total. The van der Waals surface area contributed by atoms with Gasteiger partial charge in [0.25, 0.3) is 0 Å². The zero-order valence-corrected chi connectivity index (χ0v) is 8.83. The molecule has 0 radical (unpaired) electrons. The predicted molar refractivity (Wildman–Crippen MR) is 58.6 cm³/mol. The fraction of sp³-hybridized carbons (Fsp3) is 0.333. The van der Waals surface area contributed by atoms with Crippen LogP contribution in [0, 0.1) is 6.92 Å². The molecule has 0 fully saturated rings. The van der Waals surface area contributed by atoms with Crippen molar-refractivity contribution in [2.75, 3.05) is 18.4 Å². The fourth-order valence-corrected chi connectivity index (χ4v) is 1.21. The summed E-state index contributed by atoms with van der Waals surface area (Å²) >= 11 is 0. The highest BCUT2D eigenvalue weighted by atomic mass is 16.4. The van der Waals surface area contributed by atoms with Gasteiger partial charge >= 0.3 is 12.0 Å². The van der Waals surface area contributed by atoms with Crippen molar-refractivity contribution in [1.82, 2.24) is 10.3 Å². The van der Waals surface area contributed by atoms with E-state index in [-0.39, 0.29) is 11.4 Å². The van der Waals surface area contributed by atoms with Crippen LogP contribution >= 0.6 is 0 Å². The van der Waals surface area contributed by atoms with Gasteiger partial charge < -0.3 is 26.5 Å². The summed E-state index contributed by atoms with van der Waals surface area (Å²) in [6.07, 6.45) is 0. The Labute approximate surface area is 92.0 Å². The molecule has 0 aliphatic rings. The van der Waals surface area contributed by atoms with Gasteiger partial charge in [-0.1, -0.05) is 0 Å². The first-order chi connectivity index (χ1) is 7.54. The second-order valence-corrected chi connectivity index (χ2v) is 3.22. The SMILES string of the molecule is Cc1cc(NC(=O)NCCN)c(C(=O)O)[nH]1. The van der Waals surface area contributed by atoms with Crippen LogP contribution in [0.3, 0.4) is 0 Å². The maximum absolute atomic E-state index is 11.3. The van der Waals surface area contributed by atoms with Crippen molar-refractivity contribution in [3.05, 3.63) is 17.5 Å². The average molecular weight is 226 g/mol. The number of carbonyl (C=O) groups is 2. The van der Waals surface area contributed by atoms with Crippen LogP contribution < -0.4 is 16.4 Å². The minimum Gasteiger partial charge on any atom is -0.477 e. The highest BCUT2D eigenvalue weighted by Gasteiger charge is 2.14. The van der Waals surface area contributed by atoms with Gasteiger partial charge in [0.05, 0.1) is 5.69 Å². The van der Waals surface area contributed by atoms with Gasteiger partial charge in [-0.05, 0) is 13.0 Å². The van der Waals surface area contributed by atoms with E-state index < -0.39 is 12.0 Å². The van der Waals surface area contributed by atoms with Gasteiger partial charge in [0.2, 0.25) is 0 Å². The second kappa shape index (κ2) is 5.17. The first-order valence-corrected chi connectivity index (χ1v) is 4.72. The Bertz CT molecular complexity index is 399. The number of aryl methyl sites for hydroxylation is 1. The van der Waals surface area contributed by atoms with Crippen LogP contribution in [-0.2, 0) is 0 Å². The van der Waals surface area contributed by atoms with Gasteiger partial charge in [0, 0.05) is 18.8 Å². The summed E-state index contributed by atoms with van der Waals surface area (Å²) in [6, 6.07) is 1.07. The molecule has 0 bridgehead atoms. The molecule has 2 amide bonds. The smallest absolute Gasteiger partial charge is 0.354 e. The van der Waals surface area contributed by atoms with Gasteiger partial charge in [-0.2, -0.15) is 0 Å². The summed E-state index contributed by atoms with van der Waals surface area (Å²) in [6.45, 7) is 2.36. The van der Waals surface area contributed by atoms with Crippen molar-refractivity contribution in [2.24, 2.45) is 5.73 Å². The largest absolute Gasteiger partial charge is 0.477 e. The van der Waals surface area contributed by atoms with E-state index in [0.717, 1.165) is 0 Å². The van der Waals surface area contributed by atoms with Crippen molar-refractivity contribution in [3.8, 4) is 0 Å². The third-order valence-corrected chi connectivity index (χ3v) is 1.84. The molecule has 1 aromatic rings. The number of nitrogens with two attached hydrogens (primary N) is 1. The molecule has 7 heteroatoms. The van der Waals surface area contributed by atoms with E-state index in [1.807, 2.05) is 0 Å². The number of carboxylic acids is 1. The van der Waals surface area contributed by atoms with E-state index >= 15 is 0 Å². The van der Waals surface area contributed by atoms with Crippen LogP contribution in [0.2, 0.25) is 0 Å². The zero-order chi connectivity index (χ0) is 12.1. The lowest BCUT2D eigenvalue weighted by atomic mass is 10.3. The molecule has 6 N–H and O–H groups in total. The molecule has 0 aliphatic heterocycles. The van der Waals surface area contributed by atoms with E-state index in [2.05, 4.69) is 15.6 Å². The number of carboxylic acid groups (broad SMARTS) is 1. The number of hydrogen-bond donors (Lipinski definition) is 5. The number of nitrogens with one attached hydrogen (secondary N) is 3. The number of amides is 2. The highest BCUT2D eigenvalue weighted by Crippen LogP contribution is 2.16.